The predicted octanol–water partition coefficient (Wildman–Crippen LogP) is 2.57. The van der Waals surface area contributed by atoms with Crippen molar-refractivity contribution < 1.29 is 9.59 Å². The average molecular weight is 338 g/mol. The van der Waals surface area contributed by atoms with Crippen LogP contribution < -0.4 is 11.1 Å². The monoisotopic (exact) mass is 337 g/mol. The number of carbonyl (C=O) groups excluding carboxylic acids is 2. The number of thiophene rings is 1. The Labute approximate surface area is 137 Å². The highest BCUT2D eigenvalue weighted by molar-refractivity contribution is 7.09. The summed E-state index contributed by atoms with van der Waals surface area (Å²) in [7, 11) is 1.73. The molecule has 22 heavy (non-hydrogen) atoms. The quantitative estimate of drug-likeness (QED) is 0.850. The number of likely N-dealkylation sites (N-methyl/N-ethyl adjacent to an activating group) is 1. The second-order valence-electron chi connectivity index (χ2n) is 4.74. The Morgan fingerprint density at radius 3 is 2.77 bits per heavy atom. The Bertz CT molecular complexity index is 673. The molecule has 0 fully saturated rings. The maximum atomic E-state index is 12.1. The molecule has 0 radical (unpaired) electrons. The second-order valence-corrected chi connectivity index (χ2v) is 6.21. The van der Waals surface area contributed by atoms with Crippen LogP contribution >= 0.6 is 22.9 Å². The predicted molar refractivity (Wildman–Crippen MR) is 89.3 cm³/mol. The fourth-order valence-electron chi connectivity index (χ4n) is 1.91. The highest BCUT2D eigenvalue weighted by Gasteiger charge is 2.13. The molecule has 2 amide bonds. The van der Waals surface area contributed by atoms with Gasteiger partial charge >= 0.3 is 0 Å². The van der Waals surface area contributed by atoms with Gasteiger partial charge in [-0.2, -0.15) is 0 Å². The number of halogens is 1. The molecule has 5 nitrogen and oxygen atoms in total. The van der Waals surface area contributed by atoms with E-state index in [9.17, 15) is 9.59 Å². The number of nitrogens with zero attached hydrogens (tertiary/aromatic N) is 1. The Hall–Kier alpha value is -2.05. The number of primary amides is 1. The van der Waals surface area contributed by atoms with E-state index in [1.165, 1.54) is 6.07 Å². The molecular formula is C15H16ClN3O2S. The van der Waals surface area contributed by atoms with Crippen LogP contribution in [0.25, 0.3) is 0 Å². The van der Waals surface area contributed by atoms with E-state index in [4.69, 9.17) is 17.3 Å². The lowest BCUT2D eigenvalue weighted by atomic mass is 10.1. The lowest BCUT2D eigenvalue weighted by Gasteiger charge is -2.17. The standard InChI is InChI=1S/C15H16ClN3O2S/c1-19(9-11-3-2-6-22-11)14(20)8-18-13-7-10(16)4-5-12(13)15(17)21/h2-7,18H,8-9H2,1H3,(H2,17,21). The zero-order valence-electron chi connectivity index (χ0n) is 12.0. The molecule has 116 valence electrons. The number of hydrogen-bond donors (Lipinski definition) is 2. The van der Waals surface area contributed by atoms with Crippen LogP contribution in [0.2, 0.25) is 5.02 Å². The lowest BCUT2D eigenvalue weighted by molar-refractivity contribution is -0.128. The number of nitrogens with two attached hydrogens (primary N) is 1. The van der Waals surface area contributed by atoms with E-state index in [1.807, 2.05) is 17.5 Å². The zero-order chi connectivity index (χ0) is 16.1. The molecule has 0 unspecified atom stereocenters. The van der Waals surface area contributed by atoms with Gasteiger partial charge < -0.3 is 16.0 Å². The summed E-state index contributed by atoms with van der Waals surface area (Å²) >= 11 is 7.51. The van der Waals surface area contributed by atoms with E-state index < -0.39 is 5.91 Å². The Morgan fingerprint density at radius 2 is 2.14 bits per heavy atom. The van der Waals surface area contributed by atoms with Crippen LogP contribution in [-0.4, -0.2) is 30.3 Å². The van der Waals surface area contributed by atoms with E-state index in [0.29, 0.717) is 22.8 Å². The smallest absolute Gasteiger partial charge is 0.250 e. The van der Waals surface area contributed by atoms with Gasteiger partial charge in [-0.3, -0.25) is 9.59 Å². The molecule has 0 saturated carbocycles. The average Bonchev–Trinajstić information content (AvgIpc) is 2.97. The molecule has 2 aromatic rings. The van der Waals surface area contributed by atoms with Crippen molar-refractivity contribution in [2.75, 3.05) is 18.9 Å². The fourth-order valence-corrected chi connectivity index (χ4v) is 2.84. The van der Waals surface area contributed by atoms with E-state index in [-0.39, 0.29) is 12.5 Å². The molecule has 1 heterocycles. The molecule has 0 aliphatic heterocycles. The number of carbonyl (C=O) groups is 2. The molecule has 0 bridgehead atoms. The number of amides is 2. The van der Waals surface area contributed by atoms with Gasteiger partial charge in [0, 0.05) is 22.6 Å². The summed E-state index contributed by atoms with van der Waals surface area (Å²) in [5, 5.41) is 5.36. The van der Waals surface area contributed by atoms with Gasteiger partial charge in [-0.05, 0) is 29.6 Å². The number of rotatable bonds is 6. The summed E-state index contributed by atoms with van der Waals surface area (Å²) in [4.78, 5) is 26.2. The van der Waals surface area contributed by atoms with E-state index in [1.54, 1.807) is 35.4 Å². The maximum absolute atomic E-state index is 12.1. The summed E-state index contributed by atoms with van der Waals surface area (Å²) in [6, 6.07) is 8.62. The van der Waals surface area contributed by atoms with Crippen molar-refractivity contribution >= 4 is 40.4 Å². The molecule has 0 atom stereocenters. The third-order valence-corrected chi connectivity index (χ3v) is 4.17. The molecular weight excluding hydrogens is 322 g/mol. The SMILES string of the molecule is CN(Cc1cccs1)C(=O)CNc1cc(Cl)ccc1C(N)=O. The highest BCUT2D eigenvalue weighted by Crippen LogP contribution is 2.20. The van der Waals surface area contributed by atoms with Crippen molar-refractivity contribution in [2.24, 2.45) is 5.73 Å². The number of anilines is 1. The van der Waals surface area contributed by atoms with E-state index in [0.717, 1.165) is 4.88 Å². The first-order valence-electron chi connectivity index (χ1n) is 6.57. The fraction of sp³-hybridized carbons (Fsp3) is 0.200. The largest absolute Gasteiger partial charge is 0.375 e. The minimum Gasteiger partial charge on any atom is -0.375 e. The third kappa shape index (κ3) is 4.22. The van der Waals surface area contributed by atoms with Crippen LogP contribution in [0.3, 0.4) is 0 Å². The van der Waals surface area contributed by atoms with Crippen molar-refractivity contribution in [3.63, 3.8) is 0 Å². The molecule has 2 rings (SSSR count). The van der Waals surface area contributed by atoms with Crippen LogP contribution in [-0.2, 0) is 11.3 Å². The summed E-state index contributed by atoms with van der Waals surface area (Å²) in [5.74, 6) is -0.664. The normalized spacial score (nSPS) is 10.3. The van der Waals surface area contributed by atoms with Gasteiger partial charge in [0.25, 0.3) is 5.91 Å². The number of hydrogen-bond acceptors (Lipinski definition) is 4. The van der Waals surface area contributed by atoms with Gasteiger partial charge in [0.1, 0.15) is 0 Å². The summed E-state index contributed by atoms with van der Waals surface area (Å²) < 4.78 is 0. The van der Waals surface area contributed by atoms with Crippen LogP contribution in [0, 0.1) is 0 Å². The van der Waals surface area contributed by atoms with Gasteiger partial charge in [-0.15, -0.1) is 11.3 Å². The van der Waals surface area contributed by atoms with Gasteiger partial charge in [0.2, 0.25) is 5.91 Å². The zero-order valence-corrected chi connectivity index (χ0v) is 13.6. The van der Waals surface area contributed by atoms with Crippen molar-refractivity contribution in [2.45, 2.75) is 6.54 Å². The van der Waals surface area contributed by atoms with Gasteiger partial charge in [-0.1, -0.05) is 17.7 Å². The van der Waals surface area contributed by atoms with Crippen LogP contribution in [0.5, 0.6) is 0 Å². The molecule has 0 spiro atoms. The Kier molecular flexibility index (Phi) is 5.41. The second kappa shape index (κ2) is 7.29. The van der Waals surface area contributed by atoms with E-state index >= 15 is 0 Å². The van der Waals surface area contributed by atoms with Crippen LogP contribution in [0.15, 0.2) is 35.7 Å². The molecule has 3 N–H and O–H groups in total. The minimum absolute atomic E-state index is 0.0580. The first kappa shape index (κ1) is 16.3. The molecule has 0 aliphatic rings. The first-order valence-corrected chi connectivity index (χ1v) is 7.82. The topological polar surface area (TPSA) is 75.4 Å². The van der Waals surface area contributed by atoms with Crippen molar-refractivity contribution in [1.29, 1.82) is 0 Å². The van der Waals surface area contributed by atoms with Gasteiger partial charge in [0.05, 0.1) is 18.7 Å². The van der Waals surface area contributed by atoms with E-state index in [2.05, 4.69) is 5.32 Å². The van der Waals surface area contributed by atoms with Gasteiger partial charge in [-0.25, -0.2) is 0 Å². The molecule has 0 saturated heterocycles. The minimum atomic E-state index is -0.571. The molecule has 1 aromatic carbocycles. The first-order chi connectivity index (χ1) is 10.5. The highest BCUT2D eigenvalue weighted by atomic mass is 35.5. The van der Waals surface area contributed by atoms with Gasteiger partial charge in [0.15, 0.2) is 0 Å². The Balaban J connectivity index is 1.98. The summed E-state index contributed by atoms with van der Waals surface area (Å²) in [5.41, 5.74) is 6.07. The molecule has 0 aliphatic carbocycles. The lowest BCUT2D eigenvalue weighted by Crippen LogP contribution is -2.32. The number of benzene rings is 1. The van der Waals surface area contributed by atoms with Crippen molar-refractivity contribution in [3.05, 3.63) is 51.2 Å². The summed E-state index contributed by atoms with van der Waals surface area (Å²) in [6.45, 7) is 0.610. The van der Waals surface area contributed by atoms with Crippen LogP contribution in [0.4, 0.5) is 5.69 Å². The maximum Gasteiger partial charge on any atom is 0.250 e. The van der Waals surface area contributed by atoms with Crippen molar-refractivity contribution in [1.82, 2.24) is 4.90 Å². The third-order valence-electron chi connectivity index (χ3n) is 3.08. The molecule has 7 heteroatoms. The van der Waals surface area contributed by atoms with Crippen molar-refractivity contribution in [3.8, 4) is 0 Å². The molecule has 1 aromatic heterocycles. The van der Waals surface area contributed by atoms with Crippen LogP contribution in [0.1, 0.15) is 15.2 Å². The number of nitrogens with one attached hydrogen (secondary N) is 1. The summed E-state index contributed by atoms with van der Waals surface area (Å²) in [6.07, 6.45) is 0. The Morgan fingerprint density at radius 1 is 1.36 bits per heavy atom.